The van der Waals surface area contributed by atoms with E-state index in [0.29, 0.717) is 89.9 Å². The molecule has 1 aromatic heterocycles. The van der Waals surface area contributed by atoms with Crippen molar-refractivity contribution in [3.8, 4) is 34.5 Å². The number of methoxy groups -OCH3 is 3. The number of carbonyl (C=O) groups excluding carboxylic acids is 2. The minimum absolute atomic E-state index is 0.106. The van der Waals surface area contributed by atoms with E-state index in [-0.39, 0.29) is 17.8 Å². The quantitative estimate of drug-likeness (QED) is 0.0390. The van der Waals surface area contributed by atoms with Gasteiger partial charge in [0.15, 0.2) is 11.5 Å². The molecule has 7 rings (SSSR count). The van der Waals surface area contributed by atoms with Gasteiger partial charge in [-0.15, -0.1) is 0 Å². The molecular formula is C54H55BrN2O9. The van der Waals surface area contributed by atoms with Crippen molar-refractivity contribution in [2.45, 2.75) is 51.0 Å². The maximum Gasteiger partial charge on any atom is 0.337 e. The molecule has 1 aliphatic rings. The van der Waals surface area contributed by atoms with Gasteiger partial charge in [0.1, 0.15) is 29.1 Å². The van der Waals surface area contributed by atoms with E-state index in [1.165, 1.54) is 7.11 Å². The number of fused-ring (bicyclic) bond motifs is 1. The van der Waals surface area contributed by atoms with Gasteiger partial charge >= 0.3 is 11.9 Å². The number of allylic oxidation sites excluding steroid dienone is 2. The molecule has 0 spiro atoms. The van der Waals surface area contributed by atoms with Gasteiger partial charge in [-0.3, -0.25) is 4.98 Å². The number of para-hydroxylation sites is 1. The van der Waals surface area contributed by atoms with Crippen LogP contribution in [0.2, 0.25) is 0 Å². The summed E-state index contributed by atoms with van der Waals surface area (Å²) in [5.41, 5.74) is 1.55. The Labute approximate surface area is 395 Å². The number of aromatic nitrogens is 1. The minimum Gasteiger partial charge on any atom is -0.494 e. The lowest BCUT2D eigenvalue weighted by molar-refractivity contribution is -0.141. The standard InChI is InChI=1S/C54H55BrN2O9/c1-37-50(52(58)62-5)54(42-21-27-47(60-3)48(35-42)61-4,49(28-29-55)66-45-25-23-44(24-26-45)65-43-18-7-6-8-19-43)51(53(59)64-32-12-15-39-14-11-30-56-36-39)38(2)57(37)31-13-33-63-46-22-20-40-16-9-10-17-41(40)34-46/h6-11,14,16-27,30,34-36,49H,12-13,15,28-29,31-33H2,1-5H3. The van der Waals surface area contributed by atoms with Crippen LogP contribution in [-0.4, -0.2) is 74.3 Å². The molecule has 0 fully saturated rings. The lowest BCUT2D eigenvalue weighted by Crippen LogP contribution is -2.55. The van der Waals surface area contributed by atoms with Crippen LogP contribution in [0.4, 0.5) is 0 Å². The van der Waals surface area contributed by atoms with Gasteiger partial charge in [0.2, 0.25) is 0 Å². The maximum atomic E-state index is 15.3. The largest absolute Gasteiger partial charge is 0.494 e. The molecule has 2 unspecified atom stereocenters. The molecule has 0 N–H and O–H groups in total. The molecule has 2 heterocycles. The van der Waals surface area contributed by atoms with Gasteiger partial charge in [-0.05, 0) is 128 Å². The van der Waals surface area contributed by atoms with E-state index in [2.05, 4.69) is 33.0 Å². The molecule has 0 saturated heterocycles. The summed E-state index contributed by atoms with van der Waals surface area (Å²) in [6.45, 7) is 4.65. The van der Waals surface area contributed by atoms with E-state index in [1.807, 2.05) is 122 Å². The molecule has 0 aliphatic carbocycles. The smallest absolute Gasteiger partial charge is 0.337 e. The zero-order valence-corrected chi connectivity index (χ0v) is 39.5. The number of alkyl halides is 1. The molecule has 0 radical (unpaired) electrons. The van der Waals surface area contributed by atoms with Gasteiger partial charge in [-0.2, -0.15) is 0 Å². The van der Waals surface area contributed by atoms with Gasteiger partial charge in [-0.1, -0.05) is 76.6 Å². The van der Waals surface area contributed by atoms with Gasteiger partial charge in [0.05, 0.1) is 51.1 Å². The molecule has 0 bridgehead atoms. The number of esters is 2. The highest BCUT2D eigenvalue weighted by molar-refractivity contribution is 9.09. The van der Waals surface area contributed by atoms with Gasteiger partial charge in [0.25, 0.3) is 0 Å². The second kappa shape index (κ2) is 22.4. The number of carbonyl (C=O) groups is 2. The Balaban J connectivity index is 1.34. The predicted octanol–water partition coefficient (Wildman–Crippen LogP) is 11.2. The molecule has 342 valence electrons. The van der Waals surface area contributed by atoms with Crippen molar-refractivity contribution >= 4 is 38.6 Å². The first-order valence-electron chi connectivity index (χ1n) is 22.0. The fourth-order valence-electron chi connectivity index (χ4n) is 8.72. The fourth-order valence-corrected chi connectivity index (χ4v) is 9.13. The van der Waals surface area contributed by atoms with Crippen molar-refractivity contribution in [2.24, 2.45) is 0 Å². The SMILES string of the molecule is COC(=O)C1=C(C)N(CCCOc2ccc3ccccc3c2)C(C)=C(C(=O)OCCCc2cccnc2)C1(c1ccc(OC)c(OC)c1)C(CCBr)Oc1ccc(Oc2ccccc2)cc1. The number of pyridine rings is 1. The molecule has 6 aromatic rings. The van der Waals surface area contributed by atoms with E-state index >= 15 is 4.79 Å². The molecular weight excluding hydrogens is 901 g/mol. The second-order valence-corrected chi connectivity index (χ2v) is 16.5. The zero-order valence-electron chi connectivity index (χ0n) is 38.0. The number of hydrogen-bond donors (Lipinski definition) is 0. The van der Waals surface area contributed by atoms with Crippen LogP contribution in [0, 0.1) is 0 Å². The van der Waals surface area contributed by atoms with Gasteiger partial charge in [0, 0.05) is 35.7 Å². The van der Waals surface area contributed by atoms with E-state index < -0.39 is 23.5 Å². The number of ether oxygens (including phenoxy) is 7. The third kappa shape index (κ3) is 10.5. The van der Waals surface area contributed by atoms with Crippen molar-refractivity contribution in [3.63, 3.8) is 0 Å². The zero-order chi connectivity index (χ0) is 46.5. The molecule has 0 saturated carbocycles. The van der Waals surface area contributed by atoms with Crippen molar-refractivity contribution < 1.29 is 42.7 Å². The van der Waals surface area contributed by atoms with Crippen LogP contribution in [0.5, 0.6) is 34.5 Å². The van der Waals surface area contributed by atoms with E-state index in [4.69, 9.17) is 33.2 Å². The van der Waals surface area contributed by atoms with E-state index in [9.17, 15) is 4.79 Å². The van der Waals surface area contributed by atoms with E-state index in [1.54, 1.807) is 38.7 Å². The Kier molecular flexibility index (Phi) is 16.0. The topological polar surface area (TPSA) is 115 Å². The molecule has 11 nitrogen and oxygen atoms in total. The molecule has 12 heteroatoms. The van der Waals surface area contributed by atoms with Crippen LogP contribution in [0.1, 0.15) is 44.2 Å². The normalized spacial score (nSPS) is 15.3. The molecule has 2 atom stereocenters. The summed E-state index contributed by atoms with van der Waals surface area (Å²) in [7, 11) is 4.44. The number of hydrogen-bond acceptors (Lipinski definition) is 11. The van der Waals surface area contributed by atoms with Gasteiger partial charge in [-0.25, -0.2) is 9.59 Å². The third-order valence-electron chi connectivity index (χ3n) is 11.8. The highest BCUT2D eigenvalue weighted by Crippen LogP contribution is 2.53. The van der Waals surface area contributed by atoms with Crippen molar-refractivity contribution in [1.29, 1.82) is 0 Å². The Hall–Kier alpha value is -6.79. The summed E-state index contributed by atoms with van der Waals surface area (Å²) >= 11 is 3.71. The Morgan fingerprint density at radius 1 is 0.682 bits per heavy atom. The highest BCUT2D eigenvalue weighted by Gasteiger charge is 2.58. The monoisotopic (exact) mass is 954 g/mol. The summed E-state index contributed by atoms with van der Waals surface area (Å²) in [6.07, 6.45) is 4.68. The van der Waals surface area contributed by atoms with Crippen molar-refractivity contribution in [2.75, 3.05) is 46.4 Å². The fraction of sp³-hybridized carbons (Fsp3) is 0.278. The number of halogens is 1. The minimum atomic E-state index is -1.63. The average molecular weight is 956 g/mol. The summed E-state index contributed by atoms with van der Waals surface area (Å²) in [6, 6.07) is 40.2. The van der Waals surface area contributed by atoms with E-state index in [0.717, 1.165) is 22.1 Å². The van der Waals surface area contributed by atoms with Crippen LogP contribution < -0.4 is 23.7 Å². The average Bonchev–Trinajstić information content (AvgIpc) is 3.35. The predicted molar refractivity (Wildman–Crippen MR) is 259 cm³/mol. The number of nitrogens with zero attached hydrogens (tertiary/aromatic N) is 2. The summed E-state index contributed by atoms with van der Waals surface area (Å²) in [4.78, 5) is 36.4. The second-order valence-electron chi connectivity index (χ2n) is 15.7. The number of rotatable bonds is 21. The molecule has 0 amide bonds. The van der Waals surface area contributed by atoms with Crippen molar-refractivity contribution in [1.82, 2.24) is 9.88 Å². The Morgan fingerprint density at radius 2 is 1.36 bits per heavy atom. The molecule has 5 aromatic carbocycles. The first-order chi connectivity index (χ1) is 32.2. The Morgan fingerprint density at radius 3 is 2.06 bits per heavy atom. The number of aryl methyl sites for hydroxylation is 1. The Bertz CT molecular complexity index is 2650. The molecule has 1 aliphatic heterocycles. The summed E-state index contributed by atoms with van der Waals surface area (Å²) in [5, 5.41) is 2.65. The van der Waals surface area contributed by atoms with Crippen LogP contribution >= 0.6 is 15.9 Å². The first kappa shape index (κ1) is 47.2. The highest BCUT2D eigenvalue weighted by atomic mass is 79.9. The van der Waals surface area contributed by atoms with Crippen molar-refractivity contribution in [3.05, 3.63) is 173 Å². The lowest BCUT2D eigenvalue weighted by atomic mass is 9.61. The number of benzene rings is 5. The summed E-state index contributed by atoms with van der Waals surface area (Å²) < 4.78 is 43.1. The summed E-state index contributed by atoms with van der Waals surface area (Å²) in [5.74, 6) is 2.15. The van der Waals surface area contributed by atoms with Crippen LogP contribution in [-0.2, 0) is 30.9 Å². The maximum absolute atomic E-state index is 15.3. The lowest BCUT2D eigenvalue weighted by Gasteiger charge is -2.49. The van der Waals surface area contributed by atoms with Crippen LogP contribution in [0.15, 0.2) is 162 Å². The van der Waals surface area contributed by atoms with Crippen LogP contribution in [0.25, 0.3) is 10.8 Å². The van der Waals surface area contributed by atoms with Crippen LogP contribution in [0.3, 0.4) is 0 Å². The third-order valence-corrected chi connectivity index (χ3v) is 12.2. The first-order valence-corrected chi connectivity index (χ1v) is 23.1. The van der Waals surface area contributed by atoms with Gasteiger partial charge < -0.3 is 38.1 Å². The molecule has 66 heavy (non-hydrogen) atoms.